The van der Waals surface area contributed by atoms with E-state index in [0.29, 0.717) is 17.9 Å². The van der Waals surface area contributed by atoms with E-state index < -0.39 is 0 Å². The van der Waals surface area contributed by atoms with Crippen LogP contribution < -0.4 is 15.0 Å². The standard InChI is InChI=1S/C23H22N2O3/c1-2-22(26)24-18-10-9-15-21(16-18)28-17-23(27)25(19-11-5-3-6-12-19)20-13-7-4-8-14-20/h3-16H,2,17H2,1H3,(H,24,26). The first kappa shape index (κ1) is 19.2. The highest BCUT2D eigenvalue weighted by Gasteiger charge is 2.18. The summed E-state index contributed by atoms with van der Waals surface area (Å²) in [6.07, 6.45) is 0.396. The van der Waals surface area contributed by atoms with E-state index in [0.717, 1.165) is 11.4 Å². The zero-order valence-electron chi connectivity index (χ0n) is 15.7. The summed E-state index contributed by atoms with van der Waals surface area (Å²) in [7, 11) is 0. The Kier molecular flexibility index (Phi) is 6.41. The van der Waals surface area contributed by atoms with E-state index in [4.69, 9.17) is 4.74 Å². The number of para-hydroxylation sites is 2. The fourth-order valence-electron chi connectivity index (χ4n) is 2.71. The minimum Gasteiger partial charge on any atom is -0.484 e. The molecule has 0 aliphatic carbocycles. The molecule has 0 bridgehead atoms. The Morgan fingerprint density at radius 2 is 1.46 bits per heavy atom. The van der Waals surface area contributed by atoms with Crippen LogP contribution in [0.1, 0.15) is 13.3 Å². The molecule has 0 atom stereocenters. The third-order valence-corrected chi connectivity index (χ3v) is 4.08. The number of carbonyl (C=O) groups excluding carboxylic acids is 2. The first-order valence-electron chi connectivity index (χ1n) is 9.13. The van der Waals surface area contributed by atoms with Crippen molar-refractivity contribution >= 4 is 28.9 Å². The molecular weight excluding hydrogens is 352 g/mol. The minimum atomic E-state index is -0.194. The molecule has 0 heterocycles. The van der Waals surface area contributed by atoms with E-state index >= 15 is 0 Å². The van der Waals surface area contributed by atoms with Crippen LogP contribution in [0.3, 0.4) is 0 Å². The van der Waals surface area contributed by atoms with Gasteiger partial charge in [0.15, 0.2) is 6.61 Å². The Labute approximate surface area is 164 Å². The van der Waals surface area contributed by atoms with E-state index in [9.17, 15) is 9.59 Å². The maximum atomic E-state index is 13.0. The van der Waals surface area contributed by atoms with Gasteiger partial charge in [0, 0.05) is 29.5 Å². The monoisotopic (exact) mass is 374 g/mol. The molecule has 3 aromatic rings. The van der Waals surface area contributed by atoms with Crippen molar-refractivity contribution in [1.82, 2.24) is 0 Å². The number of hydrogen-bond acceptors (Lipinski definition) is 3. The van der Waals surface area contributed by atoms with Crippen molar-refractivity contribution in [2.24, 2.45) is 0 Å². The van der Waals surface area contributed by atoms with Gasteiger partial charge >= 0.3 is 0 Å². The number of carbonyl (C=O) groups is 2. The molecule has 0 aliphatic rings. The molecule has 5 nitrogen and oxygen atoms in total. The van der Waals surface area contributed by atoms with Crippen LogP contribution in [0.5, 0.6) is 5.75 Å². The molecule has 2 amide bonds. The minimum absolute atomic E-state index is 0.0763. The number of ether oxygens (including phenoxy) is 1. The third-order valence-electron chi connectivity index (χ3n) is 4.08. The molecule has 0 unspecified atom stereocenters. The molecule has 0 fully saturated rings. The lowest BCUT2D eigenvalue weighted by atomic mass is 10.2. The number of rotatable bonds is 7. The summed E-state index contributed by atoms with van der Waals surface area (Å²) in [6, 6.07) is 25.9. The van der Waals surface area contributed by atoms with Crippen molar-refractivity contribution in [3.05, 3.63) is 84.9 Å². The molecule has 5 heteroatoms. The lowest BCUT2D eigenvalue weighted by molar-refractivity contribution is -0.120. The van der Waals surface area contributed by atoms with Crippen molar-refractivity contribution in [2.45, 2.75) is 13.3 Å². The maximum Gasteiger partial charge on any atom is 0.269 e. The Balaban J connectivity index is 1.74. The summed E-state index contributed by atoms with van der Waals surface area (Å²) in [5.41, 5.74) is 2.18. The summed E-state index contributed by atoms with van der Waals surface area (Å²) in [5.74, 6) is 0.247. The van der Waals surface area contributed by atoms with E-state index in [1.807, 2.05) is 60.7 Å². The van der Waals surface area contributed by atoms with Gasteiger partial charge in [-0.05, 0) is 36.4 Å². The fraction of sp³-hybridized carbons (Fsp3) is 0.130. The molecule has 3 rings (SSSR count). The van der Waals surface area contributed by atoms with Crippen LogP contribution in [0.15, 0.2) is 84.9 Å². The van der Waals surface area contributed by atoms with Gasteiger partial charge in [0.05, 0.1) is 0 Å². The maximum absolute atomic E-state index is 13.0. The first-order chi connectivity index (χ1) is 13.7. The summed E-state index contributed by atoms with van der Waals surface area (Å²) in [4.78, 5) is 26.1. The highest BCUT2D eigenvalue weighted by atomic mass is 16.5. The van der Waals surface area contributed by atoms with Gasteiger partial charge in [0.1, 0.15) is 5.75 Å². The van der Waals surface area contributed by atoms with E-state index in [1.165, 1.54) is 0 Å². The second-order valence-corrected chi connectivity index (χ2v) is 6.12. The molecule has 0 radical (unpaired) electrons. The van der Waals surface area contributed by atoms with Gasteiger partial charge in [-0.3, -0.25) is 14.5 Å². The Morgan fingerprint density at radius 1 is 0.857 bits per heavy atom. The average Bonchev–Trinajstić information content (AvgIpc) is 2.74. The number of hydrogen-bond donors (Lipinski definition) is 1. The van der Waals surface area contributed by atoms with Crippen LogP contribution in [0, 0.1) is 0 Å². The van der Waals surface area contributed by atoms with Gasteiger partial charge < -0.3 is 10.1 Å². The molecule has 0 aromatic heterocycles. The van der Waals surface area contributed by atoms with Crippen LogP contribution in [-0.2, 0) is 9.59 Å². The molecule has 0 saturated heterocycles. The van der Waals surface area contributed by atoms with Crippen molar-refractivity contribution in [2.75, 3.05) is 16.8 Å². The topological polar surface area (TPSA) is 58.6 Å². The highest BCUT2D eigenvalue weighted by Crippen LogP contribution is 2.25. The van der Waals surface area contributed by atoms with Gasteiger partial charge in [0.25, 0.3) is 5.91 Å². The van der Waals surface area contributed by atoms with E-state index in [-0.39, 0.29) is 18.4 Å². The Morgan fingerprint density at radius 3 is 2.04 bits per heavy atom. The zero-order chi connectivity index (χ0) is 19.8. The summed E-state index contributed by atoms with van der Waals surface area (Å²) in [6.45, 7) is 1.66. The number of anilines is 3. The Hall–Kier alpha value is -3.60. The van der Waals surface area contributed by atoms with Crippen molar-refractivity contribution in [3.8, 4) is 5.75 Å². The lowest BCUT2D eigenvalue weighted by Crippen LogP contribution is -2.30. The Bertz CT molecular complexity index is 887. The smallest absolute Gasteiger partial charge is 0.269 e. The summed E-state index contributed by atoms with van der Waals surface area (Å²) < 4.78 is 5.71. The van der Waals surface area contributed by atoms with Crippen LogP contribution in [0.2, 0.25) is 0 Å². The molecule has 142 valence electrons. The average molecular weight is 374 g/mol. The van der Waals surface area contributed by atoms with E-state index in [2.05, 4.69) is 5.32 Å². The lowest BCUT2D eigenvalue weighted by Gasteiger charge is -2.23. The van der Waals surface area contributed by atoms with Gasteiger partial charge in [0.2, 0.25) is 5.91 Å². The number of nitrogens with one attached hydrogen (secondary N) is 1. The van der Waals surface area contributed by atoms with Crippen molar-refractivity contribution in [1.29, 1.82) is 0 Å². The normalized spacial score (nSPS) is 10.2. The van der Waals surface area contributed by atoms with Gasteiger partial charge in [-0.25, -0.2) is 0 Å². The van der Waals surface area contributed by atoms with Crippen LogP contribution in [-0.4, -0.2) is 18.4 Å². The van der Waals surface area contributed by atoms with Crippen molar-refractivity contribution < 1.29 is 14.3 Å². The fourth-order valence-corrected chi connectivity index (χ4v) is 2.71. The SMILES string of the molecule is CCC(=O)Nc1cccc(OCC(=O)N(c2ccccc2)c2ccccc2)c1. The second kappa shape index (κ2) is 9.37. The molecule has 28 heavy (non-hydrogen) atoms. The molecule has 0 spiro atoms. The van der Waals surface area contributed by atoms with Crippen molar-refractivity contribution in [3.63, 3.8) is 0 Å². The highest BCUT2D eigenvalue weighted by molar-refractivity contribution is 6.01. The van der Waals surface area contributed by atoms with Crippen LogP contribution >= 0.6 is 0 Å². The van der Waals surface area contributed by atoms with Crippen LogP contribution in [0.4, 0.5) is 17.1 Å². The second-order valence-electron chi connectivity index (χ2n) is 6.12. The largest absolute Gasteiger partial charge is 0.484 e. The zero-order valence-corrected chi connectivity index (χ0v) is 15.7. The first-order valence-corrected chi connectivity index (χ1v) is 9.13. The summed E-state index contributed by atoms with van der Waals surface area (Å²) in [5, 5.41) is 2.78. The molecule has 0 aliphatic heterocycles. The number of nitrogens with zero attached hydrogens (tertiary/aromatic N) is 1. The molecule has 1 N–H and O–H groups in total. The molecule has 0 saturated carbocycles. The van der Waals surface area contributed by atoms with E-state index in [1.54, 1.807) is 36.1 Å². The summed E-state index contributed by atoms with van der Waals surface area (Å²) >= 11 is 0. The van der Waals surface area contributed by atoms with Crippen LogP contribution in [0.25, 0.3) is 0 Å². The quantitative estimate of drug-likeness (QED) is 0.647. The number of amides is 2. The van der Waals surface area contributed by atoms with Gasteiger partial charge in [-0.2, -0.15) is 0 Å². The van der Waals surface area contributed by atoms with Gasteiger partial charge in [-0.1, -0.05) is 49.4 Å². The predicted molar refractivity (Wildman–Crippen MR) is 111 cm³/mol. The number of benzene rings is 3. The third kappa shape index (κ3) is 4.98. The molecular formula is C23H22N2O3. The van der Waals surface area contributed by atoms with Gasteiger partial charge in [-0.15, -0.1) is 0 Å². The predicted octanol–water partition coefficient (Wildman–Crippen LogP) is 4.78. The molecule has 3 aromatic carbocycles.